The number of rotatable bonds is 8. The molecule has 0 fully saturated rings. The first-order valence-electron chi connectivity index (χ1n) is 5.70. The van der Waals surface area contributed by atoms with E-state index in [0.29, 0.717) is 13.2 Å². The van der Waals surface area contributed by atoms with Crippen LogP contribution in [0.4, 0.5) is 0 Å². The molecule has 90 valence electrons. The maximum atomic E-state index is 11.4. The fourth-order valence-electron chi connectivity index (χ4n) is 1.06. The molecule has 4 heteroatoms. The summed E-state index contributed by atoms with van der Waals surface area (Å²) in [6.07, 6.45) is 1.21. The van der Waals surface area contributed by atoms with Crippen LogP contribution in [0.25, 0.3) is 0 Å². The second-order valence-electron chi connectivity index (χ2n) is 3.89. The molecule has 0 aliphatic heterocycles. The topological polar surface area (TPSA) is 50.4 Å². The molecule has 0 aromatic carbocycles. The number of carbonyl (C=O) groups is 1. The van der Waals surface area contributed by atoms with Crippen LogP contribution in [-0.2, 0) is 9.53 Å². The van der Waals surface area contributed by atoms with E-state index in [-0.39, 0.29) is 18.1 Å². The smallest absolute Gasteiger partial charge is 0.236 e. The first-order chi connectivity index (χ1) is 7.07. The van der Waals surface area contributed by atoms with Crippen molar-refractivity contribution in [2.45, 2.75) is 46.3 Å². The zero-order valence-corrected chi connectivity index (χ0v) is 10.3. The zero-order chi connectivity index (χ0) is 11.7. The minimum absolute atomic E-state index is 0.0568. The van der Waals surface area contributed by atoms with Crippen molar-refractivity contribution in [2.24, 2.45) is 0 Å². The Balaban J connectivity index is 3.46. The van der Waals surface area contributed by atoms with Crippen LogP contribution >= 0.6 is 0 Å². The van der Waals surface area contributed by atoms with Crippen molar-refractivity contribution in [2.75, 3.05) is 19.7 Å². The van der Waals surface area contributed by atoms with E-state index in [1.165, 1.54) is 0 Å². The highest BCUT2D eigenvalue weighted by molar-refractivity contribution is 5.81. The van der Waals surface area contributed by atoms with Gasteiger partial charge in [0.15, 0.2) is 0 Å². The summed E-state index contributed by atoms with van der Waals surface area (Å²) >= 11 is 0. The van der Waals surface area contributed by atoms with E-state index >= 15 is 0 Å². The summed E-state index contributed by atoms with van der Waals surface area (Å²) in [4.78, 5) is 11.4. The second kappa shape index (κ2) is 8.68. The van der Waals surface area contributed by atoms with Gasteiger partial charge in [0.1, 0.15) is 0 Å². The molecule has 1 atom stereocenters. The van der Waals surface area contributed by atoms with Crippen molar-refractivity contribution in [1.82, 2.24) is 10.6 Å². The lowest BCUT2D eigenvalue weighted by Gasteiger charge is -2.14. The van der Waals surface area contributed by atoms with Crippen molar-refractivity contribution in [3.8, 4) is 0 Å². The van der Waals surface area contributed by atoms with Gasteiger partial charge in [-0.1, -0.05) is 6.92 Å². The monoisotopic (exact) mass is 216 g/mol. The van der Waals surface area contributed by atoms with Gasteiger partial charge in [-0.15, -0.1) is 0 Å². The third-order valence-corrected chi connectivity index (χ3v) is 1.95. The summed E-state index contributed by atoms with van der Waals surface area (Å²) in [7, 11) is 0. The summed E-state index contributed by atoms with van der Waals surface area (Å²) in [5, 5.41) is 5.95. The Morgan fingerprint density at radius 3 is 2.47 bits per heavy atom. The van der Waals surface area contributed by atoms with E-state index < -0.39 is 0 Å². The van der Waals surface area contributed by atoms with Gasteiger partial charge in [0.2, 0.25) is 5.91 Å². The number of nitrogens with one attached hydrogen (secondary N) is 2. The Labute approximate surface area is 92.8 Å². The Bertz CT molecular complexity index is 172. The van der Waals surface area contributed by atoms with E-state index in [0.717, 1.165) is 13.0 Å². The van der Waals surface area contributed by atoms with Crippen LogP contribution in [0, 0.1) is 0 Å². The lowest BCUT2D eigenvalue weighted by atomic mass is 10.3. The Kier molecular flexibility index (Phi) is 8.33. The average Bonchev–Trinajstić information content (AvgIpc) is 2.20. The predicted octanol–water partition coefficient (Wildman–Crippen LogP) is 0.916. The molecule has 0 radical (unpaired) electrons. The fraction of sp³-hybridized carbons (Fsp3) is 0.909. The van der Waals surface area contributed by atoms with Crippen LogP contribution in [0.5, 0.6) is 0 Å². The highest BCUT2D eigenvalue weighted by atomic mass is 16.5. The summed E-state index contributed by atoms with van der Waals surface area (Å²) in [5.41, 5.74) is 0. The first-order valence-corrected chi connectivity index (χ1v) is 5.70. The van der Waals surface area contributed by atoms with Crippen LogP contribution < -0.4 is 10.6 Å². The number of amides is 1. The third-order valence-electron chi connectivity index (χ3n) is 1.95. The highest BCUT2D eigenvalue weighted by Crippen LogP contribution is 1.87. The van der Waals surface area contributed by atoms with E-state index in [2.05, 4.69) is 10.6 Å². The number of hydrogen-bond donors (Lipinski definition) is 2. The van der Waals surface area contributed by atoms with Crippen molar-refractivity contribution in [3.05, 3.63) is 0 Å². The van der Waals surface area contributed by atoms with Gasteiger partial charge in [0.25, 0.3) is 0 Å². The molecule has 0 aromatic heterocycles. The maximum absolute atomic E-state index is 11.4. The molecule has 0 heterocycles. The van der Waals surface area contributed by atoms with Gasteiger partial charge >= 0.3 is 0 Å². The van der Waals surface area contributed by atoms with Gasteiger partial charge in [-0.3, -0.25) is 4.79 Å². The van der Waals surface area contributed by atoms with Crippen LogP contribution in [0.1, 0.15) is 34.1 Å². The second-order valence-corrected chi connectivity index (χ2v) is 3.89. The molecular formula is C11H24N2O2. The molecule has 0 rings (SSSR count). The molecular weight excluding hydrogens is 192 g/mol. The van der Waals surface area contributed by atoms with Gasteiger partial charge < -0.3 is 15.4 Å². The Morgan fingerprint density at radius 1 is 1.27 bits per heavy atom. The summed E-state index contributed by atoms with van der Waals surface area (Å²) < 4.78 is 5.36. The molecule has 0 aliphatic carbocycles. The number of ether oxygens (including phenoxy) is 1. The molecule has 15 heavy (non-hydrogen) atoms. The molecule has 2 N–H and O–H groups in total. The lowest BCUT2D eigenvalue weighted by Crippen LogP contribution is -2.43. The summed E-state index contributed by atoms with van der Waals surface area (Å²) in [6, 6.07) is -0.146. The van der Waals surface area contributed by atoms with Gasteiger partial charge in [-0.2, -0.15) is 0 Å². The van der Waals surface area contributed by atoms with Crippen molar-refractivity contribution < 1.29 is 9.53 Å². The minimum Gasteiger partial charge on any atom is -0.377 e. The first kappa shape index (κ1) is 14.4. The van der Waals surface area contributed by atoms with Gasteiger partial charge in [-0.05, 0) is 27.2 Å². The van der Waals surface area contributed by atoms with Crippen LogP contribution in [-0.4, -0.2) is 37.7 Å². The molecule has 0 aliphatic rings. The fourth-order valence-corrected chi connectivity index (χ4v) is 1.06. The normalized spacial score (nSPS) is 12.9. The Hall–Kier alpha value is -0.610. The molecule has 1 unspecified atom stereocenters. The van der Waals surface area contributed by atoms with Crippen LogP contribution in [0.15, 0.2) is 0 Å². The minimum atomic E-state index is -0.146. The van der Waals surface area contributed by atoms with Gasteiger partial charge in [0.05, 0.1) is 18.8 Å². The van der Waals surface area contributed by atoms with Crippen molar-refractivity contribution >= 4 is 5.91 Å². The van der Waals surface area contributed by atoms with Crippen LogP contribution in [0.3, 0.4) is 0 Å². The molecule has 0 saturated heterocycles. The summed E-state index contributed by atoms with van der Waals surface area (Å²) in [5.74, 6) is 0.0568. The molecule has 0 bridgehead atoms. The maximum Gasteiger partial charge on any atom is 0.236 e. The predicted molar refractivity (Wildman–Crippen MR) is 61.9 cm³/mol. The number of carbonyl (C=O) groups excluding carboxylic acids is 1. The summed E-state index contributed by atoms with van der Waals surface area (Å²) in [6.45, 7) is 9.99. The van der Waals surface area contributed by atoms with Crippen LogP contribution in [0.2, 0.25) is 0 Å². The molecule has 1 amide bonds. The zero-order valence-electron chi connectivity index (χ0n) is 10.3. The lowest BCUT2D eigenvalue weighted by molar-refractivity contribution is -0.122. The Morgan fingerprint density at radius 2 is 1.93 bits per heavy atom. The quantitative estimate of drug-likeness (QED) is 0.593. The molecule has 0 saturated carbocycles. The molecule has 4 nitrogen and oxygen atoms in total. The van der Waals surface area contributed by atoms with Gasteiger partial charge in [-0.25, -0.2) is 0 Å². The van der Waals surface area contributed by atoms with Gasteiger partial charge in [0, 0.05) is 13.1 Å². The highest BCUT2D eigenvalue weighted by Gasteiger charge is 2.10. The van der Waals surface area contributed by atoms with Crippen molar-refractivity contribution in [3.63, 3.8) is 0 Å². The van der Waals surface area contributed by atoms with Crippen molar-refractivity contribution in [1.29, 1.82) is 0 Å². The van der Waals surface area contributed by atoms with E-state index in [4.69, 9.17) is 4.74 Å². The SMILES string of the molecule is CCCNC(=O)C(C)NCCOC(C)C. The molecule has 0 spiro atoms. The van der Waals surface area contributed by atoms with E-state index in [9.17, 15) is 4.79 Å². The van der Waals surface area contributed by atoms with E-state index in [1.54, 1.807) is 0 Å². The molecule has 0 aromatic rings. The largest absolute Gasteiger partial charge is 0.377 e. The number of hydrogen-bond acceptors (Lipinski definition) is 3. The average molecular weight is 216 g/mol. The van der Waals surface area contributed by atoms with E-state index in [1.807, 2.05) is 27.7 Å². The third kappa shape index (κ3) is 8.39. The standard InChI is InChI=1S/C11H24N2O2/c1-5-6-13-11(14)10(4)12-7-8-15-9(2)3/h9-10,12H,5-8H2,1-4H3,(H,13,14).